The van der Waals surface area contributed by atoms with Crippen LogP contribution in [-0.4, -0.2) is 78.7 Å². The first-order valence-electron chi connectivity index (χ1n) is 11.6. The Kier molecular flexibility index (Phi) is 8.82. The number of fused-ring (bicyclic) bond motifs is 1. The summed E-state index contributed by atoms with van der Waals surface area (Å²) in [5, 5.41) is 2.84. The van der Waals surface area contributed by atoms with E-state index in [1.807, 2.05) is 24.8 Å². The highest BCUT2D eigenvalue weighted by molar-refractivity contribution is 7.85. The van der Waals surface area contributed by atoms with Gasteiger partial charge in [-0.1, -0.05) is 26.0 Å². The molecular weight excluding hydrogens is 552 g/mol. The lowest BCUT2D eigenvalue weighted by molar-refractivity contribution is -0.132. The molecule has 1 saturated heterocycles. The molecule has 1 fully saturated rings. The lowest BCUT2D eigenvalue weighted by Gasteiger charge is -2.31. The number of carbonyl (C=O) groups excluding carboxylic acids is 3. The lowest BCUT2D eigenvalue weighted by atomic mass is 9.83. The highest BCUT2D eigenvalue weighted by Crippen LogP contribution is 2.48. The summed E-state index contributed by atoms with van der Waals surface area (Å²) in [7, 11) is -1.40. The molecule has 2 N–H and O–H groups in total. The highest BCUT2D eigenvalue weighted by Gasteiger charge is 2.40. The number of rotatable bonds is 8. The largest absolute Gasteiger partial charge is 0.355 e. The highest BCUT2D eigenvalue weighted by atomic mass is 35.5. The normalized spacial score (nSPS) is 18.6. The Morgan fingerprint density at radius 2 is 1.74 bits per heavy atom. The number of thiocarbonyl (C=S) groups is 1. The Labute approximate surface area is 232 Å². The maximum absolute atomic E-state index is 12.5. The number of amides is 3. The van der Waals surface area contributed by atoms with Crippen molar-refractivity contribution in [2.24, 2.45) is 0 Å². The molecule has 0 spiro atoms. The Hall–Kier alpha value is -3.06. The average molecular weight is 581 g/mol. The minimum atomic E-state index is -4.40. The third kappa shape index (κ3) is 5.83. The van der Waals surface area contributed by atoms with Crippen molar-refractivity contribution in [2.45, 2.75) is 30.6 Å². The fourth-order valence-corrected chi connectivity index (χ4v) is 5.13. The summed E-state index contributed by atoms with van der Waals surface area (Å²) in [6.07, 6.45) is 7.08. The van der Waals surface area contributed by atoms with Crippen LogP contribution in [0.25, 0.3) is 0 Å². The lowest BCUT2D eigenvalue weighted by Crippen LogP contribution is -2.52. The zero-order valence-electron chi connectivity index (χ0n) is 21.4. The van der Waals surface area contributed by atoms with E-state index in [4.69, 9.17) is 23.8 Å². The number of allylic oxidation sites excluding steroid dienone is 5. The van der Waals surface area contributed by atoms with Gasteiger partial charge >= 0.3 is 0 Å². The van der Waals surface area contributed by atoms with Gasteiger partial charge in [-0.3, -0.25) is 28.7 Å². The van der Waals surface area contributed by atoms with E-state index >= 15 is 0 Å². The van der Waals surface area contributed by atoms with Gasteiger partial charge in [-0.25, -0.2) is 0 Å². The molecule has 1 aromatic rings. The van der Waals surface area contributed by atoms with Crippen molar-refractivity contribution >= 4 is 62.5 Å². The SMILES string of the molecule is CN1C(=O)C(=C/C=C/C=C2/N(CCCNC(=O)CCl)c3ccc(S(=O)(=O)O)cc3C2(C)C)C(=O)N(C)C1=S. The number of carbonyl (C=O) groups is 3. The summed E-state index contributed by atoms with van der Waals surface area (Å²) >= 11 is 10.6. The fourth-order valence-electron chi connectivity index (χ4n) is 4.36. The number of alkyl halides is 1. The summed E-state index contributed by atoms with van der Waals surface area (Å²) in [4.78, 5) is 40.8. The zero-order chi connectivity index (χ0) is 28.4. The molecule has 2 heterocycles. The van der Waals surface area contributed by atoms with Crippen LogP contribution in [0.15, 0.2) is 58.7 Å². The second kappa shape index (κ2) is 11.4. The van der Waals surface area contributed by atoms with Gasteiger partial charge in [-0.2, -0.15) is 8.42 Å². The molecule has 3 rings (SSSR count). The van der Waals surface area contributed by atoms with Crippen LogP contribution in [0.3, 0.4) is 0 Å². The van der Waals surface area contributed by atoms with Crippen molar-refractivity contribution in [1.82, 2.24) is 15.1 Å². The average Bonchev–Trinajstić information content (AvgIpc) is 3.08. The number of nitrogens with one attached hydrogen (secondary N) is 1. The molecule has 0 aromatic heterocycles. The summed E-state index contributed by atoms with van der Waals surface area (Å²) in [6, 6.07) is 4.43. The number of hydrogen-bond donors (Lipinski definition) is 2. The van der Waals surface area contributed by atoms with Gasteiger partial charge in [0.05, 0.1) is 4.90 Å². The third-order valence-corrected chi connectivity index (χ3v) is 8.08. The summed E-state index contributed by atoms with van der Waals surface area (Å²) in [6.45, 7) is 4.73. The molecule has 38 heavy (non-hydrogen) atoms. The summed E-state index contributed by atoms with van der Waals surface area (Å²) in [5.41, 5.74) is 1.59. The Morgan fingerprint density at radius 1 is 1.13 bits per heavy atom. The van der Waals surface area contributed by atoms with Gasteiger partial charge in [0.2, 0.25) is 5.91 Å². The van der Waals surface area contributed by atoms with Crippen LogP contribution in [0.1, 0.15) is 25.8 Å². The van der Waals surface area contributed by atoms with E-state index in [1.54, 1.807) is 18.2 Å². The summed E-state index contributed by atoms with van der Waals surface area (Å²) < 4.78 is 33.1. The first kappa shape index (κ1) is 29.5. The molecule has 2 aliphatic rings. The first-order valence-corrected chi connectivity index (χ1v) is 14.0. The molecular formula is C25H29ClN4O6S2. The van der Waals surface area contributed by atoms with Crippen LogP contribution in [0.2, 0.25) is 0 Å². The molecule has 0 aliphatic carbocycles. The molecule has 0 radical (unpaired) electrons. The third-order valence-electron chi connectivity index (χ3n) is 6.44. The number of benzene rings is 1. The summed E-state index contributed by atoms with van der Waals surface area (Å²) in [5.74, 6) is -1.40. The van der Waals surface area contributed by atoms with Crippen LogP contribution in [0.5, 0.6) is 0 Å². The van der Waals surface area contributed by atoms with Gasteiger partial charge in [0, 0.05) is 44.0 Å². The maximum atomic E-state index is 12.5. The fraction of sp³-hybridized carbons (Fsp3) is 0.360. The second-order valence-electron chi connectivity index (χ2n) is 9.30. The number of anilines is 1. The number of halogens is 1. The number of nitrogens with zero attached hydrogens (tertiary/aromatic N) is 3. The molecule has 0 unspecified atom stereocenters. The standard InChI is InChI=1S/C25H29ClN4O6S2/c1-25(2)18-14-16(38(34,35)36)10-11-19(18)30(13-7-12-27-21(31)15-26)20(25)9-6-5-8-17-22(32)28(3)24(37)29(4)23(17)33/h5-6,8-11,14H,7,12-13,15H2,1-4H3,(H,27,31)(H,34,35,36)/b6-5+,20-9+. The van der Waals surface area contributed by atoms with E-state index in [2.05, 4.69) is 5.32 Å². The van der Waals surface area contributed by atoms with Crippen molar-refractivity contribution in [3.05, 3.63) is 59.3 Å². The van der Waals surface area contributed by atoms with Crippen molar-refractivity contribution in [3.8, 4) is 0 Å². The first-order chi connectivity index (χ1) is 17.7. The van der Waals surface area contributed by atoms with Gasteiger partial charge in [0.25, 0.3) is 21.9 Å². The van der Waals surface area contributed by atoms with E-state index in [0.29, 0.717) is 25.1 Å². The predicted molar refractivity (Wildman–Crippen MR) is 148 cm³/mol. The number of hydrogen-bond acceptors (Lipinski definition) is 7. The van der Waals surface area contributed by atoms with Crippen molar-refractivity contribution in [3.63, 3.8) is 0 Å². The van der Waals surface area contributed by atoms with Gasteiger partial charge < -0.3 is 10.2 Å². The quantitative estimate of drug-likeness (QED) is 0.120. The van der Waals surface area contributed by atoms with E-state index in [1.165, 1.54) is 42.1 Å². The minimum absolute atomic E-state index is 0.0306. The molecule has 0 saturated carbocycles. The van der Waals surface area contributed by atoms with Crippen LogP contribution < -0.4 is 10.2 Å². The smallest absolute Gasteiger partial charge is 0.294 e. The zero-order valence-corrected chi connectivity index (χ0v) is 23.8. The molecule has 0 atom stereocenters. The van der Waals surface area contributed by atoms with Crippen LogP contribution >= 0.6 is 23.8 Å². The van der Waals surface area contributed by atoms with E-state index in [-0.39, 0.29) is 27.4 Å². The molecule has 0 bridgehead atoms. The van der Waals surface area contributed by atoms with Crippen molar-refractivity contribution in [2.75, 3.05) is 38.0 Å². The second-order valence-corrected chi connectivity index (χ2v) is 11.3. The van der Waals surface area contributed by atoms with Gasteiger partial charge in [-0.15, -0.1) is 11.6 Å². The van der Waals surface area contributed by atoms with Crippen LogP contribution in [0.4, 0.5) is 5.69 Å². The Bertz CT molecular complexity index is 1360. The molecule has 2 aliphatic heterocycles. The molecule has 1 aromatic carbocycles. The molecule has 10 nitrogen and oxygen atoms in total. The van der Waals surface area contributed by atoms with Gasteiger partial charge in [-0.05, 0) is 54.6 Å². The Morgan fingerprint density at radius 3 is 2.32 bits per heavy atom. The monoisotopic (exact) mass is 580 g/mol. The van der Waals surface area contributed by atoms with E-state index < -0.39 is 27.3 Å². The molecule has 3 amide bonds. The topological polar surface area (TPSA) is 127 Å². The minimum Gasteiger partial charge on any atom is -0.355 e. The number of likely N-dealkylation sites (N-methyl/N-ethyl adjacent to an activating group) is 2. The van der Waals surface area contributed by atoms with Gasteiger partial charge in [0.15, 0.2) is 5.11 Å². The maximum Gasteiger partial charge on any atom is 0.294 e. The van der Waals surface area contributed by atoms with Crippen molar-refractivity contribution < 1.29 is 27.4 Å². The predicted octanol–water partition coefficient (Wildman–Crippen LogP) is 2.36. The van der Waals surface area contributed by atoms with E-state index in [0.717, 1.165) is 11.4 Å². The Balaban J connectivity index is 1.96. The van der Waals surface area contributed by atoms with Crippen LogP contribution in [0, 0.1) is 0 Å². The van der Waals surface area contributed by atoms with Crippen LogP contribution in [-0.2, 0) is 29.9 Å². The van der Waals surface area contributed by atoms with Crippen molar-refractivity contribution in [1.29, 1.82) is 0 Å². The molecule has 204 valence electrons. The molecule has 13 heteroatoms. The van der Waals surface area contributed by atoms with E-state index in [9.17, 15) is 27.4 Å². The van der Waals surface area contributed by atoms with Gasteiger partial charge in [0.1, 0.15) is 11.5 Å².